The van der Waals surface area contributed by atoms with Gasteiger partial charge in [0.1, 0.15) is 0 Å². The maximum atomic E-state index is 11.1. The van der Waals surface area contributed by atoms with E-state index in [0.717, 1.165) is 18.9 Å². The zero-order valence-corrected chi connectivity index (χ0v) is 8.29. The van der Waals surface area contributed by atoms with Crippen LogP contribution in [-0.2, 0) is 9.59 Å². The summed E-state index contributed by atoms with van der Waals surface area (Å²) >= 11 is 0. The Balaban J connectivity index is 1.89. The molecular weight excluding hydrogens is 182 g/mol. The number of carbonyl (C=O) groups is 2. The van der Waals surface area contributed by atoms with Gasteiger partial charge in [-0.3, -0.25) is 9.59 Å². The molecule has 0 spiro atoms. The molecule has 1 saturated carbocycles. The molecule has 1 aliphatic carbocycles. The van der Waals surface area contributed by atoms with Crippen LogP contribution < -0.4 is 5.32 Å². The Labute approximate surface area is 83.7 Å². The Morgan fingerprint density at radius 2 is 2.00 bits per heavy atom. The first-order chi connectivity index (χ1) is 6.68. The fourth-order valence-corrected chi connectivity index (χ4v) is 1.31. The van der Waals surface area contributed by atoms with E-state index in [1.807, 2.05) is 0 Å². The molecule has 1 amide bonds. The summed E-state index contributed by atoms with van der Waals surface area (Å²) in [5, 5.41) is 11.1. The lowest BCUT2D eigenvalue weighted by Gasteiger charge is -2.03. The Morgan fingerprint density at radius 3 is 2.57 bits per heavy atom. The molecule has 0 aromatic rings. The molecular formula is C10H17NO3. The van der Waals surface area contributed by atoms with Crippen LogP contribution >= 0.6 is 0 Å². The SMILES string of the molecule is O=C(O)CCCC(=O)NCCC1CC1. The number of aliphatic carboxylic acids is 1. The maximum Gasteiger partial charge on any atom is 0.303 e. The van der Waals surface area contributed by atoms with E-state index in [-0.39, 0.29) is 12.3 Å². The van der Waals surface area contributed by atoms with Crippen molar-refractivity contribution < 1.29 is 14.7 Å². The molecule has 80 valence electrons. The molecule has 1 aliphatic rings. The predicted octanol–water partition coefficient (Wildman–Crippen LogP) is 1.16. The lowest BCUT2D eigenvalue weighted by atomic mass is 10.2. The summed E-state index contributed by atoms with van der Waals surface area (Å²) in [5.74, 6) is -0.0306. The van der Waals surface area contributed by atoms with E-state index in [9.17, 15) is 9.59 Å². The first kappa shape index (κ1) is 11.0. The molecule has 0 aromatic carbocycles. The summed E-state index contributed by atoms with van der Waals surface area (Å²) in [6.45, 7) is 0.747. The van der Waals surface area contributed by atoms with Gasteiger partial charge in [-0.05, 0) is 18.8 Å². The fourth-order valence-electron chi connectivity index (χ4n) is 1.31. The van der Waals surface area contributed by atoms with Crippen LogP contribution in [-0.4, -0.2) is 23.5 Å². The Hall–Kier alpha value is -1.06. The highest BCUT2D eigenvalue weighted by Crippen LogP contribution is 2.31. The second-order valence-corrected chi connectivity index (χ2v) is 3.83. The molecule has 14 heavy (non-hydrogen) atoms. The van der Waals surface area contributed by atoms with Gasteiger partial charge in [-0.1, -0.05) is 12.8 Å². The number of carboxylic acids is 1. The zero-order valence-electron chi connectivity index (χ0n) is 8.29. The lowest BCUT2D eigenvalue weighted by molar-refractivity contribution is -0.137. The van der Waals surface area contributed by atoms with Crippen molar-refractivity contribution >= 4 is 11.9 Å². The molecule has 0 atom stereocenters. The van der Waals surface area contributed by atoms with E-state index >= 15 is 0 Å². The van der Waals surface area contributed by atoms with Crippen LogP contribution in [0.15, 0.2) is 0 Å². The van der Waals surface area contributed by atoms with Gasteiger partial charge in [-0.2, -0.15) is 0 Å². The van der Waals surface area contributed by atoms with Crippen molar-refractivity contribution in [1.29, 1.82) is 0 Å². The van der Waals surface area contributed by atoms with Gasteiger partial charge in [0.15, 0.2) is 0 Å². The van der Waals surface area contributed by atoms with Gasteiger partial charge in [0.2, 0.25) is 5.91 Å². The minimum absolute atomic E-state index is 0.0214. The highest BCUT2D eigenvalue weighted by atomic mass is 16.4. The van der Waals surface area contributed by atoms with Gasteiger partial charge in [-0.15, -0.1) is 0 Å². The van der Waals surface area contributed by atoms with Crippen molar-refractivity contribution in [1.82, 2.24) is 5.32 Å². The molecule has 0 aliphatic heterocycles. The van der Waals surface area contributed by atoms with Gasteiger partial charge in [0, 0.05) is 19.4 Å². The van der Waals surface area contributed by atoms with Crippen LogP contribution in [0, 0.1) is 5.92 Å². The topological polar surface area (TPSA) is 66.4 Å². The van der Waals surface area contributed by atoms with E-state index in [2.05, 4.69) is 5.32 Å². The minimum atomic E-state index is -0.837. The van der Waals surface area contributed by atoms with Crippen molar-refractivity contribution in [2.24, 2.45) is 5.92 Å². The zero-order chi connectivity index (χ0) is 10.4. The molecule has 0 heterocycles. The molecule has 4 nitrogen and oxygen atoms in total. The van der Waals surface area contributed by atoms with Gasteiger partial charge in [-0.25, -0.2) is 0 Å². The van der Waals surface area contributed by atoms with Gasteiger partial charge >= 0.3 is 5.97 Å². The highest BCUT2D eigenvalue weighted by molar-refractivity contribution is 5.76. The van der Waals surface area contributed by atoms with Crippen molar-refractivity contribution in [3.8, 4) is 0 Å². The van der Waals surface area contributed by atoms with E-state index in [4.69, 9.17) is 5.11 Å². The number of rotatable bonds is 7. The summed E-state index contributed by atoms with van der Waals surface area (Å²) in [4.78, 5) is 21.3. The summed E-state index contributed by atoms with van der Waals surface area (Å²) in [6, 6.07) is 0. The Morgan fingerprint density at radius 1 is 1.29 bits per heavy atom. The van der Waals surface area contributed by atoms with Crippen LogP contribution in [0.3, 0.4) is 0 Å². The summed E-state index contributed by atoms with van der Waals surface area (Å²) in [5.41, 5.74) is 0. The molecule has 0 unspecified atom stereocenters. The third-order valence-corrected chi connectivity index (χ3v) is 2.37. The number of amides is 1. The molecule has 1 rings (SSSR count). The third kappa shape index (κ3) is 5.56. The first-order valence-electron chi connectivity index (χ1n) is 5.17. The molecule has 2 N–H and O–H groups in total. The molecule has 0 radical (unpaired) electrons. The maximum absolute atomic E-state index is 11.1. The standard InChI is InChI=1S/C10H17NO3/c12-9(2-1-3-10(13)14)11-7-6-8-4-5-8/h8H,1-7H2,(H,11,12)(H,13,14). The van der Waals surface area contributed by atoms with Crippen LogP contribution in [0.1, 0.15) is 38.5 Å². The van der Waals surface area contributed by atoms with E-state index in [1.54, 1.807) is 0 Å². The average molecular weight is 199 g/mol. The fraction of sp³-hybridized carbons (Fsp3) is 0.800. The van der Waals surface area contributed by atoms with Crippen molar-refractivity contribution in [2.75, 3.05) is 6.54 Å². The van der Waals surface area contributed by atoms with Gasteiger partial charge < -0.3 is 10.4 Å². The quantitative estimate of drug-likeness (QED) is 0.646. The molecule has 1 fully saturated rings. The summed E-state index contributed by atoms with van der Waals surface area (Å²) < 4.78 is 0. The molecule has 4 heteroatoms. The van der Waals surface area contributed by atoms with Gasteiger partial charge in [0.05, 0.1) is 0 Å². The number of hydrogen-bond donors (Lipinski definition) is 2. The Bertz CT molecular complexity index is 211. The van der Waals surface area contributed by atoms with Crippen LogP contribution in [0.2, 0.25) is 0 Å². The third-order valence-electron chi connectivity index (χ3n) is 2.37. The minimum Gasteiger partial charge on any atom is -0.481 e. The molecule has 0 aromatic heterocycles. The average Bonchev–Trinajstić information content (AvgIpc) is 2.87. The summed E-state index contributed by atoms with van der Waals surface area (Å²) in [7, 11) is 0. The normalized spacial score (nSPS) is 15.1. The molecule has 0 bridgehead atoms. The number of hydrogen-bond acceptors (Lipinski definition) is 2. The lowest BCUT2D eigenvalue weighted by Crippen LogP contribution is -2.24. The van der Waals surface area contributed by atoms with E-state index < -0.39 is 5.97 Å². The van der Waals surface area contributed by atoms with Crippen molar-refractivity contribution in [3.63, 3.8) is 0 Å². The molecule has 0 saturated heterocycles. The monoisotopic (exact) mass is 199 g/mol. The second-order valence-electron chi connectivity index (χ2n) is 3.83. The van der Waals surface area contributed by atoms with E-state index in [1.165, 1.54) is 12.8 Å². The van der Waals surface area contributed by atoms with Crippen molar-refractivity contribution in [2.45, 2.75) is 38.5 Å². The van der Waals surface area contributed by atoms with Crippen LogP contribution in [0.4, 0.5) is 0 Å². The Kier molecular flexibility index (Phi) is 4.43. The smallest absolute Gasteiger partial charge is 0.303 e. The van der Waals surface area contributed by atoms with Crippen LogP contribution in [0.5, 0.6) is 0 Å². The number of carboxylic acid groups (broad SMARTS) is 1. The van der Waals surface area contributed by atoms with E-state index in [0.29, 0.717) is 12.8 Å². The first-order valence-corrected chi connectivity index (χ1v) is 5.17. The second kappa shape index (κ2) is 5.62. The van der Waals surface area contributed by atoms with Gasteiger partial charge in [0.25, 0.3) is 0 Å². The summed E-state index contributed by atoms with van der Waals surface area (Å²) in [6.07, 6.45) is 4.52. The highest BCUT2D eigenvalue weighted by Gasteiger charge is 2.20. The van der Waals surface area contributed by atoms with Crippen LogP contribution in [0.25, 0.3) is 0 Å². The number of carbonyl (C=O) groups excluding carboxylic acids is 1. The van der Waals surface area contributed by atoms with Crippen molar-refractivity contribution in [3.05, 3.63) is 0 Å². The predicted molar refractivity (Wildman–Crippen MR) is 51.8 cm³/mol. The number of nitrogens with one attached hydrogen (secondary N) is 1. The largest absolute Gasteiger partial charge is 0.481 e.